The number of halogens is 1. The minimum atomic E-state index is -0.840. The molecule has 12 heavy (non-hydrogen) atoms. The Balaban J connectivity index is 2.71. The van der Waals surface area contributed by atoms with E-state index in [-0.39, 0.29) is 12.5 Å². The van der Waals surface area contributed by atoms with Gasteiger partial charge in [0.2, 0.25) is 5.28 Å². The number of aliphatic carboxylic acids is 1. The van der Waals surface area contributed by atoms with Crippen molar-refractivity contribution in [3.63, 3.8) is 0 Å². The van der Waals surface area contributed by atoms with Crippen LogP contribution in [0.25, 0.3) is 0 Å². The Morgan fingerprint density at radius 2 is 2.58 bits per heavy atom. The van der Waals surface area contributed by atoms with Gasteiger partial charge in [0.05, 0.1) is 6.42 Å². The van der Waals surface area contributed by atoms with Crippen LogP contribution >= 0.6 is 11.6 Å². The van der Waals surface area contributed by atoms with Crippen molar-refractivity contribution in [3.8, 4) is 0 Å². The molecule has 0 aliphatic heterocycles. The number of aromatic nitrogens is 2. The normalized spacial score (nSPS) is 12.8. The van der Waals surface area contributed by atoms with Crippen LogP contribution in [-0.2, 0) is 4.79 Å². The van der Waals surface area contributed by atoms with Gasteiger partial charge in [0.1, 0.15) is 0 Å². The van der Waals surface area contributed by atoms with Gasteiger partial charge in [0.15, 0.2) is 0 Å². The largest absolute Gasteiger partial charge is 0.481 e. The van der Waals surface area contributed by atoms with Crippen molar-refractivity contribution in [2.75, 3.05) is 0 Å². The lowest BCUT2D eigenvalue weighted by atomic mass is 10.2. The first-order valence-electron chi connectivity index (χ1n) is 3.51. The highest BCUT2D eigenvalue weighted by Gasteiger charge is 2.11. The molecule has 0 aliphatic carbocycles. The van der Waals surface area contributed by atoms with Crippen molar-refractivity contribution < 1.29 is 9.90 Å². The summed E-state index contributed by atoms with van der Waals surface area (Å²) in [4.78, 5) is 14.1. The van der Waals surface area contributed by atoms with Crippen molar-refractivity contribution in [1.29, 1.82) is 0 Å². The number of carboxylic acid groups (broad SMARTS) is 1. The second-order valence-corrected chi connectivity index (χ2v) is 2.89. The van der Waals surface area contributed by atoms with Gasteiger partial charge in [-0.3, -0.25) is 4.79 Å². The summed E-state index contributed by atoms with van der Waals surface area (Å²) in [6.45, 7) is 1.78. The van der Waals surface area contributed by atoms with Crippen LogP contribution in [0.15, 0.2) is 12.4 Å². The summed E-state index contributed by atoms with van der Waals surface area (Å²) in [6, 6.07) is -0.155. The second kappa shape index (κ2) is 3.58. The molecule has 0 radical (unpaired) electrons. The van der Waals surface area contributed by atoms with E-state index in [0.717, 1.165) is 0 Å². The molecule has 0 aliphatic rings. The molecule has 1 N–H and O–H groups in total. The summed E-state index contributed by atoms with van der Waals surface area (Å²) in [7, 11) is 0. The molecule has 1 atom stereocenters. The lowest BCUT2D eigenvalue weighted by molar-refractivity contribution is -0.137. The first-order valence-corrected chi connectivity index (χ1v) is 3.89. The molecule has 0 bridgehead atoms. The van der Waals surface area contributed by atoms with Crippen molar-refractivity contribution in [2.45, 2.75) is 19.4 Å². The van der Waals surface area contributed by atoms with Crippen LogP contribution in [0.2, 0.25) is 5.28 Å². The SMILES string of the molecule is C[C@H](CC(=O)O)n1ccnc1Cl. The highest BCUT2D eigenvalue weighted by Crippen LogP contribution is 2.16. The molecular weight excluding hydrogens is 180 g/mol. The van der Waals surface area contributed by atoms with Crippen LogP contribution in [0.3, 0.4) is 0 Å². The van der Waals surface area contributed by atoms with Gasteiger partial charge >= 0.3 is 5.97 Å². The van der Waals surface area contributed by atoms with Crippen LogP contribution in [0.1, 0.15) is 19.4 Å². The Morgan fingerprint density at radius 3 is 3.00 bits per heavy atom. The van der Waals surface area contributed by atoms with Gasteiger partial charge in [-0.05, 0) is 18.5 Å². The fraction of sp³-hybridized carbons (Fsp3) is 0.429. The number of hydrogen-bond acceptors (Lipinski definition) is 2. The van der Waals surface area contributed by atoms with Crippen LogP contribution in [-0.4, -0.2) is 20.6 Å². The van der Waals surface area contributed by atoms with E-state index < -0.39 is 5.97 Å². The molecule has 1 rings (SSSR count). The lowest BCUT2D eigenvalue weighted by Crippen LogP contribution is -2.09. The van der Waals surface area contributed by atoms with E-state index >= 15 is 0 Å². The van der Waals surface area contributed by atoms with Crippen molar-refractivity contribution >= 4 is 17.6 Å². The lowest BCUT2D eigenvalue weighted by Gasteiger charge is -2.10. The summed E-state index contributed by atoms with van der Waals surface area (Å²) < 4.78 is 1.62. The van der Waals surface area contributed by atoms with Gasteiger partial charge in [-0.25, -0.2) is 4.98 Å². The van der Waals surface area contributed by atoms with Crippen molar-refractivity contribution in [2.24, 2.45) is 0 Å². The molecule has 0 saturated heterocycles. The smallest absolute Gasteiger partial charge is 0.305 e. The van der Waals surface area contributed by atoms with Gasteiger partial charge in [-0.15, -0.1) is 0 Å². The predicted octanol–water partition coefficient (Wildman–Crippen LogP) is 1.57. The van der Waals surface area contributed by atoms with Gasteiger partial charge in [0.25, 0.3) is 0 Å². The van der Waals surface area contributed by atoms with Crippen molar-refractivity contribution in [1.82, 2.24) is 9.55 Å². The molecule has 1 aromatic heterocycles. The number of nitrogens with zero attached hydrogens (tertiary/aromatic N) is 2. The maximum atomic E-state index is 10.3. The first-order chi connectivity index (χ1) is 5.61. The predicted molar refractivity (Wildman–Crippen MR) is 44.2 cm³/mol. The van der Waals surface area contributed by atoms with Crippen LogP contribution in [0.4, 0.5) is 0 Å². The fourth-order valence-electron chi connectivity index (χ4n) is 0.975. The summed E-state index contributed by atoms with van der Waals surface area (Å²) in [5.41, 5.74) is 0. The van der Waals surface area contributed by atoms with Gasteiger partial charge in [-0.2, -0.15) is 0 Å². The quantitative estimate of drug-likeness (QED) is 0.784. The fourth-order valence-corrected chi connectivity index (χ4v) is 1.25. The molecule has 66 valence electrons. The molecule has 0 fully saturated rings. The average molecular weight is 189 g/mol. The molecule has 1 heterocycles. The highest BCUT2D eigenvalue weighted by atomic mass is 35.5. The number of carboxylic acids is 1. The van der Waals surface area contributed by atoms with E-state index in [2.05, 4.69) is 4.98 Å². The zero-order valence-corrected chi connectivity index (χ0v) is 7.32. The maximum Gasteiger partial charge on any atom is 0.305 e. The molecule has 0 unspecified atom stereocenters. The number of rotatable bonds is 3. The molecule has 4 nitrogen and oxygen atoms in total. The minimum Gasteiger partial charge on any atom is -0.481 e. The molecule has 5 heteroatoms. The Labute approximate surface area is 74.8 Å². The van der Waals surface area contributed by atoms with Crippen LogP contribution in [0.5, 0.6) is 0 Å². The molecule has 0 spiro atoms. The zero-order valence-electron chi connectivity index (χ0n) is 6.57. The molecule has 0 saturated carbocycles. The van der Waals surface area contributed by atoms with E-state index in [0.29, 0.717) is 5.28 Å². The average Bonchev–Trinajstić information content (AvgIpc) is 2.33. The number of carbonyl (C=O) groups is 1. The van der Waals surface area contributed by atoms with E-state index in [1.165, 1.54) is 0 Å². The second-order valence-electron chi connectivity index (χ2n) is 2.55. The minimum absolute atomic E-state index is 0.0517. The van der Waals surface area contributed by atoms with Crippen molar-refractivity contribution in [3.05, 3.63) is 17.7 Å². The van der Waals surface area contributed by atoms with E-state index in [9.17, 15) is 4.79 Å². The topological polar surface area (TPSA) is 55.1 Å². The zero-order chi connectivity index (χ0) is 9.14. The third-order valence-electron chi connectivity index (χ3n) is 1.57. The first kappa shape index (κ1) is 9.06. The van der Waals surface area contributed by atoms with E-state index in [1.807, 2.05) is 0 Å². The maximum absolute atomic E-state index is 10.3. The molecule has 1 aromatic rings. The molecule has 0 aromatic carbocycles. The summed E-state index contributed by atoms with van der Waals surface area (Å²) in [6.07, 6.45) is 3.26. The molecular formula is C7H9ClN2O2. The van der Waals surface area contributed by atoms with Crippen LogP contribution in [0, 0.1) is 0 Å². The molecule has 0 amide bonds. The van der Waals surface area contributed by atoms with Gasteiger partial charge < -0.3 is 9.67 Å². The third-order valence-corrected chi connectivity index (χ3v) is 1.86. The summed E-state index contributed by atoms with van der Waals surface area (Å²) in [5, 5.41) is 8.82. The highest BCUT2D eigenvalue weighted by molar-refractivity contribution is 6.28. The summed E-state index contributed by atoms with van der Waals surface area (Å²) in [5.74, 6) is -0.840. The van der Waals surface area contributed by atoms with E-state index in [1.54, 1.807) is 23.9 Å². The monoisotopic (exact) mass is 188 g/mol. The third kappa shape index (κ3) is 1.98. The Hall–Kier alpha value is -1.03. The number of imidazole rings is 1. The van der Waals surface area contributed by atoms with E-state index in [4.69, 9.17) is 16.7 Å². The standard InChI is InChI=1S/C7H9ClN2O2/c1-5(4-6(11)12)10-3-2-9-7(10)8/h2-3,5H,4H2,1H3,(H,11,12)/t5-/m1/s1. The summed E-state index contributed by atoms with van der Waals surface area (Å²) >= 11 is 5.68. The van der Waals surface area contributed by atoms with Gasteiger partial charge in [-0.1, -0.05) is 0 Å². The number of hydrogen-bond donors (Lipinski definition) is 1. The van der Waals surface area contributed by atoms with Gasteiger partial charge in [0, 0.05) is 18.4 Å². The Bertz CT molecular complexity index is 285. The Kier molecular flexibility index (Phi) is 2.70. The Morgan fingerprint density at radius 1 is 1.92 bits per heavy atom. The van der Waals surface area contributed by atoms with Crippen LogP contribution < -0.4 is 0 Å².